The number of nitrogens with one attached hydrogen (secondary N) is 1. The monoisotopic (exact) mass is 598 g/mol. The van der Waals surface area contributed by atoms with Gasteiger partial charge in [-0.15, -0.1) is 0 Å². The second-order valence-electron chi connectivity index (χ2n) is 11.5. The maximum atomic E-state index is 11.6. The van der Waals surface area contributed by atoms with Crippen molar-refractivity contribution in [3.8, 4) is 35.4 Å². The van der Waals surface area contributed by atoms with Crippen molar-refractivity contribution in [2.75, 3.05) is 5.32 Å². The highest BCUT2D eigenvalue weighted by atomic mass is 16.5. The smallest absolute Gasteiger partial charge is 0.330 e. The quantitative estimate of drug-likeness (QED) is 0.120. The van der Waals surface area contributed by atoms with Crippen molar-refractivity contribution in [2.24, 2.45) is 10.9 Å². The van der Waals surface area contributed by atoms with Crippen LogP contribution >= 0.6 is 0 Å². The maximum absolute atomic E-state index is 11.6. The van der Waals surface area contributed by atoms with E-state index in [0.717, 1.165) is 55.1 Å². The third-order valence-electron chi connectivity index (χ3n) is 8.61. The number of carbonyl (C=O) groups is 1. The van der Waals surface area contributed by atoms with Gasteiger partial charge in [-0.1, -0.05) is 56.0 Å². The molecule has 218 valence electrons. The molecule has 0 spiro atoms. The zero-order chi connectivity index (χ0) is 32.3. The van der Waals surface area contributed by atoms with Gasteiger partial charge in [0.05, 0.1) is 28.5 Å². The molecule has 1 N–H and O–H groups in total. The fourth-order valence-electron chi connectivity index (χ4n) is 6.50. The first-order valence-corrected chi connectivity index (χ1v) is 14.4. The lowest BCUT2D eigenvalue weighted by atomic mass is 9.80. The molecule has 0 saturated heterocycles. The molecule has 10 heteroatoms. The Bertz CT molecular complexity index is 2490. The van der Waals surface area contributed by atoms with Crippen LogP contribution < -0.4 is 10.5 Å². The van der Waals surface area contributed by atoms with Crippen LogP contribution in [0.4, 0.5) is 11.4 Å². The van der Waals surface area contributed by atoms with Gasteiger partial charge in [-0.25, -0.2) is 19.8 Å². The van der Waals surface area contributed by atoms with Crippen molar-refractivity contribution in [1.29, 1.82) is 21.0 Å². The van der Waals surface area contributed by atoms with Crippen molar-refractivity contribution in [3.05, 3.63) is 76.8 Å². The van der Waals surface area contributed by atoms with E-state index < -0.39 is 11.5 Å². The van der Waals surface area contributed by atoms with Crippen molar-refractivity contribution in [1.82, 2.24) is 9.97 Å². The van der Waals surface area contributed by atoms with E-state index in [1.165, 1.54) is 0 Å². The lowest BCUT2D eigenvalue weighted by Gasteiger charge is -2.33. The van der Waals surface area contributed by atoms with Crippen molar-refractivity contribution < 1.29 is 9.53 Å². The molecule has 1 aromatic heterocycles. The Morgan fingerprint density at radius 2 is 1.74 bits per heavy atom. The minimum Gasteiger partial charge on any atom is -0.458 e. The van der Waals surface area contributed by atoms with Crippen molar-refractivity contribution in [3.63, 3.8) is 0 Å². The molecule has 2 unspecified atom stereocenters. The summed E-state index contributed by atoms with van der Waals surface area (Å²) in [7, 11) is 0. The molecule has 0 amide bonds. The van der Waals surface area contributed by atoms with E-state index in [1.807, 2.05) is 48.5 Å². The summed E-state index contributed by atoms with van der Waals surface area (Å²) in [6.07, 6.45) is 3.86. The summed E-state index contributed by atoms with van der Waals surface area (Å²) in [5, 5.41) is 47.3. The summed E-state index contributed by atoms with van der Waals surface area (Å²) >= 11 is 0. The number of aromatic nitrogens is 2. The maximum Gasteiger partial charge on any atom is 0.330 e. The number of benzene rings is 4. The Labute approximate surface area is 262 Å². The first kappa shape index (κ1) is 28.2. The number of ether oxygens (including phenoxy) is 1. The highest BCUT2D eigenvalue weighted by Crippen LogP contribution is 2.51. The third kappa shape index (κ3) is 3.99. The molecule has 1 aliphatic heterocycles. The lowest BCUT2D eigenvalue weighted by molar-refractivity contribution is -0.138. The molecular formula is C36H22N8O2. The van der Waals surface area contributed by atoms with E-state index in [1.54, 1.807) is 6.92 Å². The largest absolute Gasteiger partial charge is 0.458 e. The fourth-order valence-corrected chi connectivity index (χ4v) is 6.50. The van der Waals surface area contributed by atoms with Gasteiger partial charge in [0.1, 0.15) is 24.8 Å². The minimum atomic E-state index is -1.35. The van der Waals surface area contributed by atoms with Crippen LogP contribution in [-0.4, -0.2) is 27.2 Å². The lowest BCUT2D eigenvalue weighted by Crippen LogP contribution is -2.43. The predicted octanol–water partition coefficient (Wildman–Crippen LogP) is 5.57. The number of rotatable bonds is 4. The highest BCUT2D eigenvalue weighted by molar-refractivity contribution is 6.30. The Balaban J connectivity index is 1.65. The Hall–Kier alpha value is -6.62. The molecule has 4 aromatic carbocycles. The number of esters is 1. The first-order valence-electron chi connectivity index (χ1n) is 14.4. The van der Waals surface area contributed by atoms with Crippen LogP contribution in [0.3, 0.4) is 0 Å². The van der Waals surface area contributed by atoms with Gasteiger partial charge in [-0.05, 0) is 46.9 Å². The van der Waals surface area contributed by atoms with E-state index >= 15 is 0 Å². The van der Waals surface area contributed by atoms with Gasteiger partial charge < -0.3 is 10.1 Å². The van der Waals surface area contributed by atoms with Crippen LogP contribution in [0.2, 0.25) is 0 Å². The number of hydrogen-bond donors (Lipinski definition) is 1. The SMILES string of the molecule is C=CC(=O)OCc1ccc(-c2ccc3c4nc(C#N)c(C#N)nc4c4c5c(c6c(c2c53)N=C(C#N)C(C)(C#N)N6)CC(C)C=4)cc1. The zero-order valence-corrected chi connectivity index (χ0v) is 24.8. The zero-order valence-electron chi connectivity index (χ0n) is 24.8. The van der Waals surface area contributed by atoms with Gasteiger partial charge in [0.15, 0.2) is 22.6 Å². The van der Waals surface area contributed by atoms with E-state index in [2.05, 4.69) is 47.0 Å². The number of fused-ring (bicyclic) bond motifs is 6. The molecule has 7 rings (SSSR count). The summed E-state index contributed by atoms with van der Waals surface area (Å²) in [4.78, 5) is 25.8. The molecule has 1 aliphatic carbocycles. The molecule has 0 bridgehead atoms. The fraction of sp³-hybridized carbons (Fsp3) is 0.167. The van der Waals surface area contributed by atoms with Gasteiger partial charge in [0, 0.05) is 27.5 Å². The molecule has 10 nitrogen and oxygen atoms in total. The van der Waals surface area contributed by atoms with Gasteiger partial charge in [-0.2, -0.15) is 21.0 Å². The van der Waals surface area contributed by atoms with Crippen LogP contribution in [0, 0.1) is 51.2 Å². The first-order chi connectivity index (χ1) is 22.2. The Morgan fingerprint density at radius 3 is 2.39 bits per heavy atom. The van der Waals surface area contributed by atoms with Gasteiger partial charge >= 0.3 is 5.97 Å². The van der Waals surface area contributed by atoms with Gasteiger partial charge in [0.2, 0.25) is 0 Å². The van der Waals surface area contributed by atoms with Gasteiger partial charge in [-0.3, -0.25) is 0 Å². The molecule has 2 aliphatic rings. The van der Waals surface area contributed by atoms with Crippen molar-refractivity contribution >= 4 is 61.7 Å². The number of aliphatic imine (C=N–C) groups is 1. The van der Waals surface area contributed by atoms with Crippen LogP contribution in [0.25, 0.3) is 49.8 Å². The Kier molecular flexibility index (Phi) is 6.27. The molecule has 0 saturated carbocycles. The molecule has 2 heterocycles. The highest BCUT2D eigenvalue weighted by Gasteiger charge is 2.39. The number of nitrogens with zero attached hydrogens (tertiary/aromatic N) is 7. The predicted molar refractivity (Wildman–Crippen MR) is 172 cm³/mol. The van der Waals surface area contributed by atoms with Crippen LogP contribution in [0.15, 0.2) is 54.0 Å². The summed E-state index contributed by atoms with van der Waals surface area (Å²) < 4.78 is 5.19. The number of nitriles is 4. The summed E-state index contributed by atoms with van der Waals surface area (Å²) in [5.74, 6) is -0.452. The molecule has 5 aromatic rings. The normalized spacial score (nSPS) is 17.8. The standard InChI is InChI=1S/C36H22N8O2/c1-4-28(45)46-16-19-5-7-20(8-6-19)21-9-10-22-30-29-23(33-32(22)41-25(13-37)26(14-38)42-33)11-18(2)12-24(29)34-35(31(21)30)43-27(15-39)36(3,17-40)44-34/h4-11,18,44H,1,12,16H2,2-3H3. The van der Waals surface area contributed by atoms with Crippen LogP contribution in [-0.2, 0) is 22.6 Å². The van der Waals surface area contributed by atoms with Crippen LogP contribution in [0.5, 0.6) is 0 Å². The van der Waals surface area contributed by atoms with Gasteiger partial charge in [0.25, 0.3) is 0 Å². The van der Waals surface area contributed by atoms with Crippen LogP contribution in [0.1, 0.15) is 36.4 Å². The average Bonchev–Trinajstić information content (AvgIpc) is 3.09. The number of hydrogen-bond acceptors (Lipinski definition) is 10. The van der Waals surface area contributed by atoms with E-state index in [-0.39, 0.29) is 29.6 Å². The third-order valence-corrected chi connectivity index (χ3v) is 8.61. The minimum absolute atomic E-state index is 0.0433. The summed E-state index contributed by atoms with van der Waals surface area (Å²) in [6, 6.07) is 19.8. The number of carbonyl (C=O) groups excluding carboxylic acids is 1. The van der Waals surface area contributed by atoms with Crippen molar-refractivity contribution in [2.45, 2.75) is 32.4 Å². The second kappa shape index (κ2) is 10.2. The second-order valence-corrected chi connectivity index (χ2v) is 11.5. The summed E-state index contributed by atoms with van der Waals surface area (Å²) in [6.45, 7) is 7.24. The summed E-state index contributed by atoms with van der Waals surface area (Å²) in [5.41, 5.74) is 4.18. The Morgan fingerprint density at radius 1 is 1.02 bits per heavy atom. The van der Waals surface area contributed by atoms with E-state index in [4.69, 9.17) is 9.73 Å². The van der Waals surface area contributed by atoms with E-state index in [9.17, 15) is 25.8 Å². The number of anilines is 1. The molecule has 0 radical (unpaired) electrons. The van der Waals surface area contributed by atoms with E-state index in [0.29, 0.717) is 28.8 Å². The topological polar surface area (TPSA) is 172 Å². The molecule has 46 heavy (non-hydrogen) atoms. The molecular weight excluding hydrogens is 576 g/mol. The molecule has 0 fully saturated rings. The molecule has 2 atom stereocenters. The average molecular weight is 599 g/mol.